The van der Waals surface area contributed by atoms with Gasteiger partial charge in [0.05, 0.1) is 0 Å². The van der Waals surface area contributed by atoms with Gasteiger partial charge in [-0.05, 0) is 53.5 Å². The van der Waals surface area contributed by atoms with Crippen molar-refractivity contribution in [2.75, 3.05) is 0 Å². The lowest BCUT2D eigenvalue weighted by Gasteiger charge is -2.44. The summed E-state index contributed by atoms with van der Waals surface area (Å²) < 4.78 is 2.67. The van der Waals surface area contributed by atoms with Gasteiger partial charge in [-0.15, -0.1) is 0 Å². The number of unbranched alkanes of at least 4 members (excludes halogenated alkanes) is 4. The fourth-order valence-corrected chi connectivity index (χ4v) is 11.2. The van der Waals surface area contributed by atoms with Gasteiger partial charge >= 0.3 is 0 Å². The zero-order chi connectivity index (χ0) is 16.8. The first kappa shape index (κ1) is 19.5. The second-order valence-electron chi connectivity index (χ2n) is 7.94. The van der Waals surface area contributed by atoms with E-state index in [1.807, 2.05) is 0 Å². The summed E-state index contributed by atoms with van der Waals surface area (Å²) in [7, 11) is -1.53. The molecule has 0 aliphatic heterocycles. The van der Waals surface area contributed by atoms with Crippen LogP contribution in [0.4, 0.5) is 0 Å². The topological polar surface area (TPSA) is 4.93 Å². The quantitative estimate of drug-likeness (QED) is 0.322. The second-order valence-corrected chi connectivity index (χ2v) is 13.7. The summed E-state index contributed by atoms with van der Waals surface area (Å²) >= 11 is 0. The minimum Gasteiger partial charge on any atom is -0.379 e. The van der Waals surface area contributed by atoms with Crippen LogP contribution in [0.25, 0.3) is 0 Å². The molecule has 1 nitrogen and oxygen atoms in total. The molecule has 22 heavy (non-hydrogen) atoms. The first-order valence-corrected chi connectivity index (χ1v) is 11.7. The monoisotopic (exact) mass is 321 g/mol. The Balaban J connectivity index is 2.82. The molecule has 0 saturated heterocycles. The van der Waals surface area contributed by atoms with E-state index in [0.717, 1.165) is 16.6 Å². The third kappa shape index (κ3) is 4.28. The normalized spacial score (nSPS) is 12.8. The molecule has 0 aromatic carbocycles. The van der Waals surface area contributed by atoms with Gasteiger partial charge in [0, 0.05) is 0 Å². The molecule has 128 valence electrons. The van der Waals surface area contributed by atoms with Gasteiger partial charge in [-0.25, -0.2) is 0 Å². The molecule has 0 amide bonds. The third-order valence-corrected chi connectivity index (χ3v) is 12.3. The third-order valence-electron chi connectivity index (χ3n) is 5.54. The minimum atomic E-state index is -1.53. The summed E-state index contributed by atoms with van der Waals surface area (Å²) in [5.74, 6) is 0. The number of aromatic nitrogens is 1. The van der Waals surface area contributed by atoms with Gasteiger partial charge < -0.3 is 4.23 Å². The fourth-order valence-electron chi connectivity index (χ4n) is 4.66. The summed E-state index contributed by atoms with van der Waals surface area (Å²) in [6.45, 7) is 16.9. The van der Waals surface area contributed by atoms with E-state index >= 15 is 0 Å². The van der Waals surface area contributed by atoms with Crippen LogP contribution in [0.2, 0.25) is 16.6 Å². The van der Waals surface area contributed by atoms with E-state index in [1.54, 1.807) is 5.56 Å². The van der Waals surface area contributed by atoms with Crippen molar-refractivity contribution in [3.05, 3.63) is 24.0 Å². The number of hydrogen-bond donors (Lipinski definition) is 0. The molecular formula is C20H39NSi. The minimum absolute atomic E-state index is 0.775. The Kier molecular flexibility index (Phi) is 7.96. The number of nitrogens with zero attached hydrogens (tertiary/aromatic N) is 1. The van der Waals surface area contributed by atoms with Crippen molar-refractivity contribution in [2.24, 2.45) is 0 Å². The van der Waals surface area contributed by atoms with Crippen LogP contribution in [0, 0.1) is 0 Å². The lowest BCUT2D eigenvalue weighted by molar-refractivity contribution is 0.632. The van der Waals surface area contributed by atoms with E-state index in [0.29, 0.717) is 0 Å². The van der Waals surface area contributed by atoms with E-state index in [4.69, 9.17) is 0 Å². The average Bonchev–Trinajstić information content (AvgIpc) is 2.86. The van der Waals surface area contributed by atoms with E-state index < -0.39 is 8.24 Å². The Morgan fingerprint density at radius 3 is 1.91 bits per heavy atom. The van der Waals surface area contributed by atoms with Crippen LogP contribution < -0.4 is 0 Å². The molecular weight excluding hydrogens is 282 g/mol. The van der Waals surface area contributed by atoms with Crippen LogP contribution in [0.15, 0.2) is 18.5 Å². The summed E-state index contributed by atoms with van der Waals surface area (Å²) in [5.41, 5.74) is 3.88. The Bertz CT molecular complexity index is 395. The van der Waals surface area contributed by atoms with Crippen LogP contribution in [0.1, 0.15) is 86.1 Å². The Morgan fingerprint density at radius 2 is 1.41 bits per heavy atom. The molecule has 1 rings (SSSR count). The summed E-state index contributed by atoms with van der Waals surface area (Å²) in [5, 5.41) is 0. The van der Waals surface area contributed by atoms with Gasteiger partial charge in [0.2, 0.25) is 0 Å². The molecule has 1 aromatic heterocycles. The van der Waals surface area contributed by atoms with Gasteiger partial charge in [0.1, 0.15) is 0 Å². The van der Waals surface area contributed by atoms with Crippen molar-refractivity contribution in [2.45, 2.75) is 104 Å². The predicted molar refractivity (Wildman–Crippen MR) is 103 cm³/mol. The van der Waals surface area contributed by atoms with Crippen molar-refractivity contribution < 1.29 is 0 Å². The fraction of sp³-hybridized carbons (Fsp3) is 0.800. The van der Waals surface area contributed by atoms with E-state index in [9.17, 15) is 0 Å². The highest BCUT2D eigenvalue weighted by atomic mass is 28.3. The van der Waals surface area contributed by atoms with E-state index in [2.05, 4.69) is 71.2 Å². The Labute approximate surface area is 140 Å². The van der Waals surface area contributed by atoms with E-state index in [-0.39, 0.29) is 0 Å². The molecule has 0 saturated carbocycles. The van der Waals surface area contributed by atoms with Gasteiger partial charge in [-0.2, -0.15) is 0 Å². The first-order valence-electron chi connectivity index (χ1n) is 9.54. The molecule has 0 unspecified atom stereocenters. The molecule has 0 N–H and O–H groups in total. The van der Waals surface area contributed by atoms with Gasteiger partial charge in [-0.1, -0.05) is 74.1 Å². The summed E-state index contributed by atoms with van der Waals surface area (Å²) in [6, 6.07) is 2.38. The Hall–Kier alpha value is -0.503. The molecule has 0 aliphatic carbocycles. The van der Waals surface area contributed by atoms with Crippen molar-refractivity contribution in [1.29, 1.82) is 0 Å². The molecule has 1 aromatic rings. The molecule has 0 bridgehead atoms. The molecule has 0 fully saturated rings. The van der Waals surface area contributed by atoms with Crippen molar-refractivity contribution >= 4 is 8.24 Å². The molecule has 0 radical (unpaired) electrons. The SMILES string of the molecule is CCCCCCCc1ccn([Si](C(C)C)(C(C)C)C(C)C)c1. The maximum absolute atomic E-state index is 2.67. The first-order chi connectivity index (χ1) is 10.4. The Morgan fingerprint density at radius 1 is 0.864 bits per heavy atom. The maximum Gasteiger partial charge on any atom is 0.168 e. The maximum atomic E-state index is 2.67. The lowest BCUT2D eigenvalue weighted by atomic mass is 10.1. The number of aryl methyl sites for hydroxylation is 1. The molecule has 0 aliphatic rings. The largest absolute Gasteiger partial charge is 0.379 e. The van der Waals surface area contributed by atoms with E-state index in [1.165, 1.54) is 38.5 Å². The van der Waals surface area contributed by atoms with Gasteiger partial charge in [-0.3, -0.25) is 0 Å². The highest BCUT2D eigenvalue weighted by Crippen LogP contribution is 2.42. The summed E-state index contributed by atoms with van der Waals surface area (Å²) in [6.07, 6.45) is 13.0. The molecule has 2 heteroatoms. The zero-order valence-corrected chi connectivity index (χ0v) is 17.2. The second kappa shape index (κ2) is 8.96. The predicted octanol–water partition coefficient (Wildman–Crippen LogP) is 7.02. The van der Waals surface area contributed by atoms with Crippen LogP contribution in [0.3, 0.4) is 0 Å². The highest BCUT2D eigenvalue weighted by molar-refractivity contribution is 6.82. The van der Waals surface area contributed by atoms with Crippen molar-refractivity contribution in [1.82, 2.24) is 4.23 Å². The summed E-state index contributed by atoms with van der Waals surface area (Å²) in [4.78, 5) is 0. The van der Waals surface area contributed by atoms with Crippen molar-refractivity contribution in [3.8, 4) is 0 Å². The van der Waals surface area contributed by atoms with Crippen LogP contribution in [-0.4, -0.2) is 12.5 Å². The molecule has 0 spiro atoms. The van der Waals surface area contributed by atoms with Crippen molar-refractivity contribution in [3.63, 3.8) is 0 Å². The standard InChI is InChI=1S/C20H39NSi/c1-8-9-10-11-12-13-20-14-15-21(16-20)22(17(2)3,18(4)5)19(6)7/h14-19H,8-13H2,1-7H3. The highest BCUT2D eigenvalue weighted by Gasteiger charge is 2.44. The smallest absolute Gasteiger partial charge is 0.168 e. The van der Waals surface area contributed by atoms with Crippen LogP contribution >= 0.6 is 0 Å². The zero-order valence-electron chi connectivity index (χ0n) is 16.2. The molecule has 1 heterocycles. The number of hydrogen-bond acceptors (Lipinski definition) is 0. The van der Waals surface area contributed by atoms with Gasteiger partial charge in [0.25, 0.3) is 0 Å². The average molecular weight is 322 g/mol. The molecule has 0 atom stereocenters. The van der Waals surface area contributed by atoms with Crippen LogP contribution in [0.5, 0.6) is 0 Å². The number of rotatable bonds is 10. The van der Waals surface area contributed by atoms with Gasteiger partial charge in [0.15, 0.2) is 8.24 Å². The lowest BCUT2D eigenvalue weighted by Crippen LogP contribution is -2.51. The van der Waals surface area contributed by atoms with Crippen LogP contribution in [-0.2, 0) is 6.42 Å².